The highest BCUT2D eigenvalue weighted by molar-refractivity contribution is 5.86. The van der Waals surface area contributed by atoms with Crippen molar-refractivity contribution in [3.63, 3.8) is 0 Å². The molecule has 0 spiro atoms. The van der Waals surface area contributed by atoms with Crippen molar-refractivity contribution in [3.05, 3.63) is 29.3 Å². The number of aromatic carboxylic acids is 1. The topological polar surface area (TPSA) is 52.6 Å². The molecule has 1 unspecified atom stereocenters. The lowest BCUT2D eigenvalue weighted by atomic mass is 9.99. The van der Waals surface area contributed by atoms with Gasteiger partial charge in [0.05, 0.1) is 12.6 Å². The zero-order valence-electron chi connectivity index (χ0n) is 12.8. The van der Waals surface area contributed by atoms with Crippen LogP contribution < -0.4 is 9.84 Å². The normalized spacial score (nSPS) is 12.4. The SMILES string of the molecule is CCOc1ccc(C(=O)[O-])cc1C(CC)N(CC)CC. The lowest BCUT2D eigenvalue weighted by Gasteiger charge is -2.30. The first kappa shape index (κ1) is 16.5. The molecule has 0 heterocycles. The summed E-state index contributed by atoms with van der Waals surface area (Å²) in [6, 6.07) is 5.12. The van der Waals surface area contributed by atoms with E-state index in [0.29, 0.717) is 6.61 Å². The Balaban J connectivity index is 3.27. The van der Waals surface area contributed by atoms with Crippen LogP contribution >= 0.6 is 0 Å². The molecule has 0 aliphatic heterocycles. The Hall–Kier alpha value is -1.55. The van der Waals surface area contributed by atoms with Crippen LogP contribution in [0.25, 0.3) is 0 Å². The van der Waals surface area contributed by atoms with Gasteiger partial charge in [-0.1, -0.05) is 20.8 Å². The summed E-state index contributed by atoms with van der Waals surface area (Å²) in [4.78, 5) is 13.4. The van der Waals surface area contributed by atoms with Gasteiger partial charge in [0.15, 0.2) is 0 Å². The number of ether oxygens (including phenoxy) is 1. The molecule has 0 bridgehead atoms. The first-order chi connectivity index (χ1) is 9.58. The van der Waals surface area contributed by atoms with Crippen LogP contribution in [0.15, 0.2) is 18.2 Å². The molecule has 0 radical (unpaired) electrons. The van der Waals surface area contributed by atoms with Crippen LogP contribution in [0.5, 0.6) is 5.75 Å². The van der Waals surface area contributed by atoms with E-state index in [1.807, 2.05) is 6.92 Å². The molecule has 4 nitrogen and oxygen atoms in total. The molecule has 0 saturated carbocycles. The molecule has 1 rings (SSSR count). The number of carbonyl (C=O) groups is 1. The van der Waals surface area contributed by atoms with E-state index in [9.17, 15) is 9.90 Å². The second kappa shape index (κ2) is 7.90. The average molecular weight is 278 g/mol. The molecular weight excluding hydrogens is 254 g/mol. The van der Waals surface area contributed by atoms with Gasteiger partial charge in [-0.3, -0.25) is 4.90 Å². The molecule has 20 heavy (non-hydrogen) atoms. The second-order valence-corrected chi connectivity index (χ2v) is 4.62. The van der Waals surface area contributed by atoms with Crippen molar-refractivity contribution in [3.8, 4) is 5.75 Å². The lowest BCUT2D eigenvalue weighted by Crippen LogP contribution is -2.29. The highest BCUT2D eigenvalue weighted by atomic mass is 16.5. The van der Waals surface area contributed by atoms with Gasteiger partial charge < -0.3 is 14.6 Å². The van der Waals surface area contributed by atoms with Crippen LogP contribution in [0.1, 0.15) is 56.1 Å². The lowest BCUT2D eigenvalue weighted by molar-refractivity contribution is -0.255. The monoisotopic (exact) mass is 278 g/mol. The first-order valence-electron chi connectivity index (χ1n) is 7.31. The molecule has 0 aromatic heterocycles. The quantitative estimate of drug-likeness (QED) is 0.732. The summed E-state index contributed by atoms with van der Waals surface area (Å²) in [5.41, 5.74) is 1.13. The number of rotatable bonds is 8. The largest absolute Gasteiger partial charge is 0.545 e. The van der Waals surface area contributed by atoms with Crippen molar-refractivity contribution in [2.75, 3.05) is 19.7 Å². The molecule has 4 heteroatoms. The van der Waals surface area contributed by atoms with Crippen molar-refractivity contribution in [1.29, 1.82) is 0 Å². The van der Waals surface area contributed by atoms with Gasteiger partial charge in [0, 0.05) is 11.6 Å². The van der Waals surface area contributed by atoms with Gasteiger partial charge in [0.25, 0.3) is 0 Å². The molecule has 0 aliphatic rings. The number of carbonyl (C=O) groups excluding carboxylic acids is 1. The van der Waals surface area contributed by atoms with Crippen LogP contribution in [-0.2, 0) is 0 Å². The first-order valence-corrected chi connectivity index (χ1v) is 7.31. The standard InChI is InChI=1S/C16H25NO3/c1-5-14(17(6-2)7-3)13-11-12(16(18)19)9-10-15(13)20-8-4/h9-11,14H,5-8H2,1-4H3,(H,18,19)/p-1. The third-order valence-electron chi connectivity index (χ3n) is 3.54. The van der Waals surface area contributed by atoms with Gasteiger partial charge in [-0.15, -0.1) is 0 Å². The molecule has 0 fully saturated rings. The minimum Gasteiger partial charge on any atom is -0.545 e. The predicted octanol–water partition coefficient (Wildman–Crippen LogP) is 2.24. The second-order valence-electron chi connectivity index (χ2n) is 4.62. The number of nitrogens with zero attached hydrogens (tertiary/aromatic N) is 1. The molecule has 1 atom stereocenters. The van der Waals surface area contributed by atoms with Crippen molar-refractivity contribution < 1.29 is 14.6 Å². The summed E-state index contributed by atoms with van der Waals surface area (Å²) >= 11 is 0. The van der Waals surface area contributed by atoms with Gasteiger partial charge in [0.1, 0.15) is 5.75 Å². The Morgan fingerprint density at radius 3 is 2.35 bits per heavy atom. The number of benzene rings is 1. The number of hydrogen-bond acceptors (Lipinski definition) is 4. The Labute approximate surface area is 121 Å². The molecule has 0 saturated heterocycles. The van der Waals surface area contributed by atoms with E-state index in [1.54, 1.807) is 18.2 Å². The fraction of sp³-hybridized carbons (Fsp3) is 0.562. The van der Waals surface area contributed by atoms with Crippen LogP contribution in [0, 0.1) is 0 Å². The summed E-state index contributed by atoms with van der Waals surface area (Å²) < 4.78 is 5.65. The minimum atomic E-state index is -1.15. The van der Waals surface area contributed by atoms with E-state index in [0.717, 1.165) is 30.8 Å². The molecule has 112 valence electrons. The maximum absolute atomic E-state index is 11.1. The maximum Gasteiger partial charge on any atom is 0.124 e. The fourth-order valence-electron chi connectivity index (χ4n) is 2.56. The fourth-order valence-corrected chi connectivity index (χ4v) is 2.56. The highest BCUT2D eigenvalue weighted by Gasteiger charge is 2.20. The van der Waals surface area contributed by atoms with Crippen LogP contribution in [0.2, 0.25) is 0 Å². The molecule has 1 aromatic carbocycles. The van der Waals surface area contributed by atoms with Gasteiger partial charge in [-0.2, -0.15) is 0 Å². The van der Waals surface area contributed by atoms with E-state index in [4.69, 9.17) is 4.74 Å². The highest BCUT2D eigenvalue weighted by Crippen LogP contribution is 2.32. The molecule has 0 aliphatic carbocycles. The minimum absolute atomic E-state index is 0.158. The smallest absolute Gasteiger partial charge is 0.124 e. The zero-order chi connectivity index (χ0) is 15.1. The maximum atomic E-state index is 11.1. The molecule has 0 N–H and O–H groups in total. The van der Waals surface area contributed by atoms with Crippen molar-refractivity contribution >= 4 is 5.97 Å². The predicted molar refractivity (Wildman–Crippen MR) is 77.9 cm³/mol. The Bertz CT molecular complexity index is 441. The third-order valence-corrected chi connectivity index (χ3v) is 3.54. The van der Waals surface area contributed by atoms with Gasteiger partial charge in [-0.05, 0) is 50.2 Å². The third kappa shape index (κ3) is 3.73. The van der Waals surface area contributed by atoms with Crippen molar-refractivity contribution in [2.24, 2.45) is 0 Å². The number of carboxylic acid groups (broad SMARTS) is 1. The van der Waals surface area contributed by atoms with Crippen LogP contribution in [-0.4, -0.2) is 30.6 Å². The summed E-state index contributed by atoms with van der Waals surface area (Å²) in [6.45, 7) is 10.6. The summed E-state index contributed by atoms with van der Waals surface area (Å²) in [5, 5.41) is 11.1. The van der Waals surface area contributed by atoms with Crippen molar-refractivity contribution in [1.82, 2.24) is 4.90 Å². The average Bonchev–Trinajstić information content (AvgIpc) is 2.45. The zero-order valence-corrected chi connectivity index (χ0v) is 12.8. The van der Waals surface area contributed by atoms with E-state index in [1.165, 1.54) is 0 Å². The van der Waals surface area contributed by atoms with Crippen LogP contribution in [0.3, 0.4) is 0 Å². The van der Waals surface area contributed by atoms with Gasteiger partial charge in [0.2, 0.25) is 0 Å². The van der Waals surface area contributed by atoms with Crippen molar-refractivity contribution in [2.45, 2.75) is 40.2 Å². The van der Waals surface area contributed by atoms with E-state index >= 15 is 0 Å². The van der Waals surface area contributed by atoms with Crippen LogP contribution in [0.4, 0.5) is 0 Å². The Kier molecular flexibility index (Phi) is 6.52. The Morgan fingerprint density at radius 1 is 1.25 bits per heavy atom. The number of hydrogen-bond donors (Lipinski definition) is 0. The summed E-state index contributed by atoms with van der Waals surface area (Å²) in [7, 11) is 0. The van der Waals surface area contributed by atoms with E-state index < -0.39 is 5.97 Å². The Morgan fingerprint density at radius 2 is 1.90 bits per heavy atom. The van der Waals surface area contributed by atoms with E-state index in [2.05, 4.69) is 25.7 Å². The molecule has 1 aromatic rings. The summed E-state index contributed by atoms with van der Waals surface area (Å²) in [5.74, 6) is -0.389. The molecular formula is C16H24NO3-. The summed E-state index contributed by atoms with van der Waals surface area (Å²) in [6.07, 6.45) is 0.901. The van der Waals surface area contributed by atoms with Gasteiger partial charge in [-0.25, -0.2) is 0 Å². The molecule has 0 amide bonds. The van der Waals surface area contributed by atoms with E-state index in [-0.39, 0.29) is 11.6 Å². The van der Waals surface area contributed by atoms with Gasteiger partial charge >= 0.3 is 0 Å². The number of carboxylic acids is 1.